The van der Waals surface area contributed by atoms with Crippen LogP contribution in [-0.2, 0) is 4.79 Å². The lowest BCUT2D eigenvalue weighted by Crippen LogP contribution is -2.63. The largest absolute Gasteiger partial charge is 0.355 e. The molecular formula is C15H29IN6O. The monoisotopic (exact) mass is 436 g/mol. The van der Waals surface area contributed by atoms with Crippen LogP contribution in [0.1, 0.15) is 12.8 Å². The first kappa shape index (κ1) is 18.7. The summed E-state index contributed by atoms with van der Waals surface area (Å²) in [5.41, 5.74) is 0. The Bertz CT molecular complexity index is 432. The predicted octanol–water partition coefficient (Wildman–Crippen LogP) is -0.610. The van der Waals surface area contributed by atoms with Crippen LogP contribution in [0.3, 0.4) is 0 Å². The number of carbonyl (C=O) groups excluding carboxylic acids is 1. The Hall–Kier alpha value is -0.610. The lowest BCUT2D eigenvalue weighted by Gasteiger charge is -2.47. The molecule has 4 rings (SSSR count). The summed E-state index contributed by atoms with van der Waals surface area (Å²) in [5, 5.41) is 6.84. The number of amides is 1. The smallest absolute Gasteiger partial charge is 0.243 e. The Kier molecular flexibility index (Phi) is 6.90. The van der Waals surface area contributed by atoms with E-state index in [-0.39, 0.29) is 36.4 Å². The Balaban J connectivity index is 0.00000192. The number of halogens is 1. The van der Waals surface area contributed by atoms with Gasteiger partial charge in [0.25, 0.3) is 0 Å². The van der Waals surface area contributed by atoms with Crippen LogP contribution in [0.15, 0.2) is 4.99 Å². The molecule has 1 amide bonds. The van der Waals surface area contributed by atoms with Gasteiger partial charge in [-0.15, -0.1) is 24.0 Å². The summed E-state index contributed by atoms with van der Waals surface area (Å²) in [6.07, 6.45) is 2.40. The second kappa shape index (κ2) is 8.48. The van der Waals surface area contributed by atoms with E-state index in [4.69, 9.17) is 0 Å². The van der Waals surface area contributed by atoms with Crippen LogP contribution in [-0.4, -0.2) is 98.6 Å². The molecule has 2 N–H and O–H groups in total. The third-order valence-electron chi connectivity index (χ3n) is 4.69. The summed E-state index contributed by atoms with van der Waals surface area (Å²) < 4.78 is 0. The molecule has 23 heavy (non-hydrogen) atoms. The van der Waals surface area contributed by atoms with Gasteiger partial charge in [-0.3, -0.25) is 14.6 Å². The van der Waals surface area contributed by atoms with Crippen molar-refractivity contribution in [3.05, 3.63) is 0 Å². The van der Waals surface area contributed by atoms with Gasteiger partial charge in [0.15, 0.2) is 5.96 Å². The molecule has 2 bridgehead atoms. The third-order valence-corrected chi connectivity index (χ3v) is 4.69. The molecule has 0 spiro atoms. The van der Waals surface area contributed by atoms with Crippen molar-refractivity contribution in [2.75, 3.05) is 59.9 Å². The molecule has 1 aliphatic carbocycles. The van der Waals surface area contributed by atoms with Crippen molar-refractivity contribution in [1.29, 1.82) is 0 Å². The quantitative estimate of drug-likeness (QED) is 0.342. The molecule has 1 saturated carbocycles. The molecule has 0 aromatic rings. The van der Waals surface area contributed by atoms with Crippen molar-refractivity contribution in [3.63, 3.8) is 0 Å². The number of nitrogens with one attached hydrogen (secondary N) is 2. The Morgan fingerprint density at radius 2 is 1.91 bits per heavy atom. The summed E-state index contributed by atoms with van der Waals surface area (Å²) in [7, 11) is 3.53. The minimum Gasteiger partial charge on any atom is -0.355 e. The SMILES string of the molecule is CN(C)C(=O)CN=C(NCC1CN2CCN1CC2)NC1CC1.I. The van der Waals surface area contributed by atoms with E-state index in [1.807, 2.05) is 0 Å². The molecule has 132 valence electrons. The zero-order valence-corrected chi connectivity index (χ0v) is 16.5. The summed E-state index contributed by atoms with van der Waals surface area (Å²) in [4.78, 5) is 22.8. The summed E-state index contributed by atoms with van der Waals surface area (Å²) in [5.74, 6) is 0.818. The van der Waals surface area contributed by atoms with Crippen LogP contribution >= 0.6 is 24.0 Å². The molecule has 3 saturated heterocycles. The van der Waals surface area contributed by atoms with Crippen molar-refractivity contribution in [1.82, 2.24) is 25.3 Å². The molecule has 1 unspecified atom stereocenters. The molecular weight excluding hydrogens is 407 g/mol. The van der Waals surface area contributed by atoms with E-state index in [2.05, 4.69) is 25.4 Å². The maximum absolute atomic E-state index is 11.7. The van der Waals surface area contributed by atoms with E-state index in [0.717, 1.165) is 19.0 Å². The highest BCUT2D eigenvalue weighted by molar-refractivity contribution is 14.0. The van der Waals surface area contributed by atoms with Crippen LogP contribution in [0.25, 0.3) is 0 Å². The fourth-order valence-electron chi connectivity index (χ4n) is 2.99. The number of guanidine groups is 1. The normalized spacial score (nSPS) is 29.7. The van der Waals surface area contributed by atoms with Crippen LogP contribution in [0.4, 0.5) is 0 Å². The minimum atomic E-state index is 0. The maximum Gasteiger partial charge on any atom is 0.243 e. The lowest BCUT2D eigenvalue weighted by molar-refractivity contribution is -0.127. The minimum absolute atomic E-state index is 0. The number of rotatable bonds is 5. The van der Waals surface area contributed by atoms with Gasteiger partial charge in [-0.1, -0.05) is 0 Å². The van der Waals surface area contributed by atoms with Gasteiger partial charge >= 0.3 is 0 Å². The average Bonchev–Trinajstić information content (AvgIpc) is 3.34. The van der Waals surface area contributed by atoms with Gasteiger partial charge in [-0.25, -0.2) is 4.99 Å². The number of piperazine rings is 3. The first-order chi connectivity index (χ1) is 10.6. The number of fused-ring (bicyclic) bond motifs is 3. The van der Waals surface area contributed by atoms with Gasteiger partial charge in [0, 0.05) is 65.4 Å². The van der Waals surface area contributed by atoms with E-state index < -0.39 is 0 Å². The van der Waals surface area contributed by atoms with Crippen LogP contribution < -0.4 is 10.6 Å². The van der Waals surface area contributed by atoms with Gasteiger partial charge in [0.2, 0.25) is 5.91 Å². The number of likely N-dealkylation sites (N-methyl/N-ethyl adjacent to an activating group) is 1. The second-order valence-corrected chi connectivity index (χ2v) is 6.74. The predicted molar refractivity (Wildman–Crippen MR) is 102 cm³/mol. The fourth-order valence-corrected chi connectivity index (χ4v) is 2.99. The summed E-state index contributed by atoms with van der Waals surface area (Å²) in [6.45, 7) is 6.99. The molecule has 0 aromatic heterocycles. The van der Waals surface area contributed by atoms with Gasteiger partial charge in [-0.2, -0.15) is 0 Å². The molecule has 8 heteroatoms. The van der Waals surface area contributed by atoms with E-state index in [1.54, 1.807) is 19.0 Å². The van der Waals surface area contributed by atoms with Crippen molar-refractivity contribution in [3.8, 4) is 0 Å². The Labute approximate surface area is 155 Å². The second-order valence-electron chi connectivity index (χ2n) is 6.74. The Morgan fingerprint density at radius 3 is 2.43 bits per heavy atom. The van der Waals surface area contributed by atoms with Crippen LogP contribution in [0, 0.1) is 0 Å². The summed E-state index contributed by atoms with van der Waals surface area (Å²) in [6, 6.07) is 1.09. The van der Waals surface area contributed by atoms with Crippen molar-refractivity contribution >= 4 is 35.8 Å². The average molecular weight is 436 g/mol. The van der Waals surface area contributed by atoms with Crippen LogP contribution in [0.2, 0.25) is 0 Å². The van der Waals surface area contributed by atoms with Crippen molar-refractivity contribution < 1.29 is 4.79 Å². The molecule has 4 aliphatic rings. The number of hydrogen-bond donors (Lipinski definition) is 2. The van der Waals surface area contributed by atoms with Gasteiger partial charge in [0.05, 0.1) is 0 Å². The lowest BCUT2D eigenvalue weighted by atomic mass is 10.1. The molecule has 7 nitrogen and oxygen atoms in total. The molecule has 1 atom stereocenters. The van der Waals surface area contributed by atoms with E-state index in [0.29, 0.717) is 12.1 Å². The number of carbonyl (C=O) groups is 1. The molecule has 3 aliphatic heterocycles. The van der Waals surface area contributed by atoms with E-state index in [9.17, 15) is 4.79 Å². The first-order valence-corrected chi connectivity index (χ1v) is 8.33. The standard InChI is InChI=1S/C15H28N6O.HI/c1-19(2)14(22)10-17-15(18-12-3-4-12)16-9-13-11-20-5-7-21(13)8-6-20;/h12-13H,3-11H2,1-2H3,(H2,16,17,18);1H. The van der Waals surface area contributed by atoms with Crippen molar-refractivity contribution in [2.45, 2.75) is 24.9 Å². The maximum atomic E-state index is 11.7. The summed E-state index contributed by atoms with van der Waals surface area (Å²) >= 11 is 0. The highest BCUT2D eigenvalue weighted by Crippen LogP contribution is 2.18. The van der Waals surface area contributed by atoms with Crippen LogP contribution in [0.5, 0.6) is 0 Å². The van der Waals surface area contributed by atoms with Crippen molar-refractivity contribution in [2.24, 2.45) is 4.99 Å². The van der Waals surface area contributed by atoms with Gasteiger partial charge < -0.3 is 15.5 Å². The first-order valence-electron chi connectivity index (χ1n) is 8.33. The number of aliphatic imine (C=N–C) groups is 1. The highest BCUT2D eigenvalue weighted by atomic mass is 127. The fraction of sp³-hybridized carbons (Fsp3) is 0.867. The molecule has 0 aromatic carbocycles. The molecule has 0 radical (unpaired) electrons. The third kappa shape index (κ3) is 5.46. The zero-order valence-electron chi connectivity index (χ0n) is 14.1. The molecule has 4 fully saturated rings. The number of hydrogen-bond acceptors (Lipinski definition) is 4. The highest BCUT2D eigenvalue weighted by Gasteiger charge is 2.32. The Morgan fingerprint density at radius 1 is 1.22 bits per heavy atom. The number of nitrogens with zero attached hydrogens (tertiary/aromatic N) is 4. The zero-order chi connectivity index (χ0) is 15.5. The molecule has 3 heterocycles. The topological polar surface area (TPSA) is 63.2 Å². The van der Waals surface area contributed by atoms with Gasteiger partial charge in [0.1, 0.15) is 6.54 Å². The van der Waals surface area contributed by atoms with E-state index in [1.165, 1.54) is 39.0 Å². The van der Waals surface area contributed by atoms with E-state index >= 15 is 0 Å². The van der Waals surface area contributed by atoms with Gasteiger partial charge in [-0.05, 0) is 12.8 Å².